The summed E-state index contributed by atoms with van der Waals surface area (Å²) in [6.45, 7) is 25.0. The quantitative estimate of drug-likeness (QED) is 0.0558. The van der Waals surface area contributed by atoms with Crippen molar-refractivity contribution in [2.45, 2.75) is 187 Å². The summed E-state index contributed by atoms with van der Waals surface area (Å²) in [6.07, 6.45) is 7.91. The minimum absolute atomic E-state index is 0.00340. The standard InChI is InChI=1S/C79H98FN13O7S/c1-47(2)83-75(98)60-41-64(62(80)34-50(60)6)85-74-71-65(81-45-92(71)48(3)4)42-63(84-74)55-20-23-61-66(37-55)93(58-38-57(39-58)88-26-12-11-13-27-88)77(100)79(61)24-28-90(29-25-79)70(97)36-52-14-21-56(22-15-52)89-32-30-87(31-33-89)44-69(96)86-73(78(8,9)10)76(99)91-43-59(94)40-67(91)68(95)35-49(5)53-16-18-54(19-17-53)72-51(7)82-46-101-72/h14-23,34,37,41-42,45-49,57-59,67,73,94H,11-13,24-33,35-36,38-40,43-44H2,1-10H3,(H,83,98)(H,84,85)(H,86,96)/t49-,57?,58?,59-,67+,73-/m1/s1. The third-order valence-electron chi connectivity index (χ3n) is 22.1. The van der Waals surface area contributed by atoms with E-state index in [1.807, 2.05) is 114 Å². The number of rotatable bonds is 20. The van der Waals surface area contributed by atoms with Crippen molar-refractivity contribution < 1.29 is 38.3 Å². The molecule has 0 unspecified atom stereocenters. The average Bonchev–Trinajstić information content (AvgIpc) is 1.56. The predicted octanol–water partition coefficient (Wildman–Crippen LogP) is 11.3. The number of piperazine rings is 1. The van der Waals surface area contributed by atoms with Crippen LogP contribution >= 0.6 is 11.3 Å². The number of piperidine rings is 2. The molecular weight excluding hydrogens is 1290 g/mol. The van der Waals surface area contributed by atoms with Crippen molar-refractivity contribution in [1.29, 1.82) is 0 Å². The molecule has 0 radical (unpaired) electrons. The number of anilines is 4. The zero-order chi connectivity index (χ0) is 71.3. The number of halogens is 1. The van der Waals surface area contributed by atoms with Gasteiger partial charge in [0, 0.05) is 105 Å². The second-order valence-electron chi connectivity index (χ2n) is 30.9. The molecule has 4 aromatic carbocycles. The molecule has 8 heterocycles. The number of nitrogens with zero attached hydrogens (tertiary/aromatic N) is 10. The Bertz CT molecular complexity index is 4250. The summed E-state index contributed by atoms with van der Waals surface area (Å²) in [4.78, 5) is 113. The maximum atomic E-state index is 16.0. The van der Waals surface area contributed by atoms with Crippen LogP contribution in [0.4, 0.5) is 27.3 Å². The highest BCUT2D eigenvalue weighted by molar-refractivity contribution is 7.13. The van der Waals surface area contributed by atoms with E-state index in [1.165, 1.54) is 36.3 Å². The Labute approximate surface area is 596 Å². The lowest BCUT2D eigenvalue weighted by molar-refractivity contribution is -0.143. The number of Topliss-reactive ketones (excluding diaryl/α,β-unsaturated/α-hetero) is 1. The van der Waals surface area contributed by atoms with Crippen LogP contribution in [0.2, 0.25) is 0 Å². The first-order valence-corrected chi connectivity index (χ1v) is 37.3. The highest BCUT2D eigenvalue weighted by atomic mass is 32.1. The fourth-order valence-electron chi connectivity index (χ4n) is 16.2. The van der Waals surface area contributed by atoms with Crippen LogP contribution in [0.3, 0.4) is 0 Å². The van der Waals surface area contributed by atoms with Crippen molar-refractivity contribution in [3.8, 4) is 21.7 Å². The van der Waals surface area contributed by atoms with Crippen LogP contribution in [0.15, 0.2) is 96.8 Å². The van der Waals surface area contributed by atoms with Crippen LogP contribution in [0.5, 0.6) is 0 Å². The molecule has 13 rings (SSSR count). The Morgan fingerprint density at radius 1 is 0.782 bits per heavy atom. The molecule has 1 saturated carbocycles. The van der Waals surface area contributed by atoms with Crippen LogP contribution in [0, 0.1) is 25.1 Å². The normalized spacial score (nSPS) is 21.0. The van der Waals surface area contributed by atoms with Gasteiger partial charge in [-0.2, -0.15) is 0 Å². The van der Waals surface area contributed by atoms with E-state index < -0.39 is 34.8 Å². The third-order valence-corrected chi connectivity index (χ3v) is 23.1. The first kappa shape index (κ1) is 71.0. The summed E-state index contributed by atoms with van der Waals surface area (Å²) in [6, 6.07) is 26.0. The second-order valence-corrected chi connectivity index (χ2v) is 31.8. The lowest BCUT2D eigenvalue weighted by Crippen LogP contribution is -2.58. The number of amides is 5. The summed E-state index contributed by atoms with van der Waals surface area (Å²) >= 11 is 1.59. The summed E-state index contributed by atoms with van der Waals surface area (Å²) in [7, 11) is 0. The molecule has 6 aliphatic rings. The summed E-state index contributed by atoms with van der Waals surface area (Å²) in [5.41, 5.74) is 10.9. The number of hydrogen-bond donors (Lipinski definition) is 4. The number of aliphatic hydroxyl groups is 1. The molecule has 4 saturated heterocycles. The molecule has 101 heavy (non-hydrogen) atoms. The van der Waals surface area contributed by atoms with Gasteiger partial charge in [0.1, 0.15) is 17.4 Å². The number of benzene rings is 4. The summed E-state index contributed by atoms with van der Waals surface area (Å²) in [5.74, 6) is -1.19. The number of ketones is 1. The Morgan fingerprint density at radius 2 is 1.49 bits per heavy atom. The van der Waals surface area contributed by atoms with Gasteiger partial charge in [-0.15, -0.1) is 11.3 Å². The van der Waals surface area contributed by atoms with E-state index in [-0.39, 0.29) is 97.4 Å². The smallest absolute Gasteiger partial charge is 0.251 e. The van der Waals surface area contributed by atoms with Crippen LogP contribution in [-0.2, 0) is 35.8 Å². The molecule has 5 amide bonds. The molecule has 534 valence electrons. The summed E-state index contributed by atoms with van der Waals surface area (Å²) < 4.78 is 18.0. The number of nitrogens with one attached hydrogen (secondary N) is 3. The van der Waals surface area contributed by atoms with E-state index in [2.05, 4.69) is 76.9 Å². The fourth-order valence-corrected chi connectivity index (χ4v) is 17.0. The van der Waals surface area contributed by atoms with Gasteiger partial charge in [-0.05, 0) is 169 Å². The third kappa shape index (κ3) is 14.7. The number of likely N-dealkylation sites (tertiary alicyclic amines) is 3. The van der Waals surface area contributed by atoms with Gasteiger partial charge in [-0.25, -0.2) is 19.3 Å². The molecule has 1 spiro atoms. The van der Waals surface area contributed by atoms with Crippen LogP contribution in [0.1, 0.15) is 163 Å². The molecule has 1 aliphatic carbocycles. The van der Waals surface area contributed by atoms with E-state index in [9.17, 15) is 29.1 Å². The van der Waals surface area contributed by atoms with Gasteiger partial charge in [-0.1, -0.05) is 82.6 Å². The Morgan fingerprint density at radius 3 is 2.15 bits per heavy atom. The number of aromatic nitrogens is 4. The van der Waals surface area contributed by atoms with Crippen molar-refractivity contribution in [1.82, 2.24) is 49.8 Å². The topological polar surface area (TPSA) is 222 Å². The number of carbonyl (C=O) groups excluding carboxylic acids is 6. The van der Waals surface area contributed by atoms with Gasteiger partial charge in [0.2, 0.25) is 23.6 Å². The largest absolute Gasteiger partial charge is 0.391 e. The monoisotopic (exact) mass is 1390 g/mol. The lowest BCUT2D eigenvalue weighted by atomic mass is 9.73. The molecule has 3 aromatic heterocycles. The van der Waals surface area contributed by atoms with E-state index >= 15 is 9.18 Å². The number of pyridine rings is 1. The number of thiazole rings is 1. The number of carbonyl (C=O) groups is 6. The molecule has 5 aliphatic heterocycles. The number of hydrogen-bond acceptors (Lipinski definition) is 15. The number of aliphatic hydroxyl groups excluding tert-OH is 1. The van der Waals surface area contributed by atoms with Gasteiger partial charge in [0.25, 0.3) is 5.91 Å². The van der Waals surface area contributed by atoms with Crippen molar-refractivity contribution >= 4 is 80.6 Å². The maximum absolute atomic E-state index is 16.0. The molecule has 20 nitrogen and oxygen atoms in total. The molecule has 0 bridgehead atoms. The molecule has 22 heteroatoms. The van der Waals surface area contributed by atoms with Crippen LogP contribution in [0.25, 0.3) is 32.7 Å². The van der Waals surface area contributed by atoms with E-state index in [0.717, 1.165) is 75.7 Å². The first-order chi connectivity index (χ1) is 48.3. The van der Waals surface area contributed by atoms with Gasteiger partial charge >= 0.3 is 0 Å². The van der Waals surface area contributed by atoms with E-state index in [0.29, 0.717) is 91.8 Å². The zero-order valence-corrected chi connectivity index (χ0v) is 61.0. The average molecular weight is 1390 g/mol. The molecule has 7 aromatic rings. The van der Waals surface area contributed by atoms with E-state index in [1.54, 1.807) is 24.6 Å². The second kappa shape index (κ2) is 29.1. The van der Waals surface area contributed by atoms with Crippen molar-refractivity contribution in [2.75, 3.05) is 80.6 Å². The number of fused-ring (bicyclic) bond motifs is 3. The van der Waals surface area contributed by atoms with Gasteiger partial charge in [0.15, 0.2) is 11.6 Å². The molecule has 4 atom stereocenters. The Kier molecular flexibility index (Phi) is 20.5. The van der Waals surface area contributed by atoms with Crippen LogP contribution < -0.4 is 25.8 Å². The lowest BCUT2D eigenvalue weighted by Gasteiger charge is -2.48. The zero-order valence-electron chi connectivity index (χ0n) is 60.2. The maximum Gasteiger partial charge on any atom is 0.251 e. The van der Waals surface area contributed by atoms with Crippen LogP contribution in [-0.4, -0.2) is 181 Å². The summed E-state index contributed by atoms with van der Waals surface area (Å²) in [5, 5.41) is 20.1. The highest BCUT2D eigenvalue weighted by Crippen LogP contribution is 2.53. The number of imidazole rings is 1. The Hall–Kier alpha value is -8.44. The SMILES string of the molecule is Cc1cc(F)c(Nc2nc(-c3ccc4c(c3)N(C3CC(N5CCCCC5)C3)C(=O)C43CCN(C(=O)Cc4ccc(N5CCN(CC(=O)N[C@H](C(=O)N6C[C@H](O)C[C@H]6C(=O)C[C@@H](C)c6ccc(-c7scnc7C)cc6)C(C)(C)C)CC5)cc4)CC3)cc3ncn(C(C)C)c23)cc1C(=O)NC(C)C. The van der Waals surface area contributed by atoms with Crippen molar-refractivity contribution in [3.05, 3.63) is 136 Å². The number of aryl methyl sites for hydroxylation is 2. The van der Waals surface area contributed by atoms with Crippen molar-refractivity contribution in [2.24, 2.45) is 5.41 Å². The van der Waals surface area contributed by atoms with E-state index in [4.69, 9.17) is 9.97 Å². The molecule has 4 N–H and O–H groups in total. The Balaban J connectivity index is 0.636. The fraction of sp³-hybridized carbons (Fsp3) is 0.506. The minimum Gasteiger partial charge on any atom is -0.391 e. The number of β-amino-alcohol motifs (C(OH)–C–C–N with tert-alkyl or cyclic N) is 1. The predicted molar refractivity (Wildman–Crippen MR) is 394 cm³/mol. The highest BCUT2D eigenvalue weighted by Gasteiger charge is 2.56. The van der Waals surface area contributed by atoms with Crippen molar-refractivity contribution in [3.63, 3.8) is 0 Å². The first-order valence-electron chi connectivity index (χ1n) is 36.4. The van der Waals surface area contributed by atoms with Gasteiger partial charge < -0.3 is 50.1 Å². The molecule has 5 fully saturated rings. The van der Waals surface area contributed by atoms with Gasteiger partial charge in [-0.3, -0.25) is 33.7 Å². The minimum atomic E-state index is -0.920. The molecular formula is C79H98FN13O7S. The van der Waals surface area contributed by atoms with Gasteiger partial charge in [0.05, 0.1) is 69.8 Å².